The lowest BCUT2D eigenvalue weighted by atomic mass is 9.96. The summed E-state index contributed by atoms with van der Waals surface area (Å²) in [6, 6.07) is 4.14. The van der Waals surface area contributed by atoms with E-state index < -0.39 is 0 Å². The minimum absolute atomic E-state index is 0.0723. The molecular weight excluding hydrogens is 308 g/mol. The van der Waals surface area contributed by atoms with Gasteiger partial charge in [-0.3, -0.25) is 9.69 Å². The van der Waals surface area contributed by atoms with Gasteiger partial charge in [0, 0.05) is 6.54 Å². The second-order valence-corrected chi connectivity index (χ2v) is 6.26. The summed E-state index contributed by atoms with van der Waals surface area (Å²) >= 11 is 5.20. The standard InChI is InChI=1S/C18H24N2O2S/c1-6-20-17(21)15(19-18(20)23)10-13-9-14(11(3)4)16(22-7-2)8-12(13)5/h8-11H,6-7H2,1-5H3,(H,19,23). The number of nitrogens with one attached hydrogen (secondary N) is 1. The van der Waals surface area contributed by atoms with Gasteiger partial charge in [-0.15, -0.1) is 0 Å². The number of nitrogens with zero attached hydrogens (tertiary/aromatic N) is 1. The molecule has 0 spiro atoms. The van der Waals surface area contributed by atoms with Crippen LogP contribution in [0.3, 0.4) is 0 Å². The monoisotopic (exact) mass is 332 g/mol. The number of carbonyl (C=O) groups is 1. The highest BCUT2D eigenvalue weighted by Crippen LogP contribution is 2.31. The Balaban J connectivity index is 2.44. The van der Waals surface area contributed by atoms with Crippen molar-refractivity contribution < 1.29 is 9.53 Å². The Morgan fingerprint density at radius 2 is 2.04 bits per heavy atom. The molecule has 0 radical (unpaired) electrons. The number of aryl methyl sites for hydroxylation is 1. The normalized spacial score (nSPS) is 16.4. The van der Waals surface area contributed by atoms with E-state index in [9.17, 15) is 4.79 Å². The maximum Gasteiger partial charge on any atom is 0.276 e. The molecule has 1 aromatic rings. The lowest BCUT2D eigenvalue weighted by Gasteiger charge is -2.16. The van der Waals surface area contributed by atoms with E-state index in [1.165, 1.54) is 0 Å². The van der Waals surface area contributed by atoms with Gasteiger partial charge in [0.05, 0.1) is 6.61 Å². The predicted molar refractivity (Wildman–Crippen MR) is 97.5 cm³/mol. The molecule has 0 aliphatic carbocycles. The highest BCUT2D eigenvalue weighted by atomic mass is 32.1. The lowest BCUT2D eigenvalue weighted by Crippen LogP contribution is -2.30. The molecule has 0 aromatic heterocycles. The van der Waals surface area contributed by atoms with Gasteiger partial charge in [0.15, 0.2) is 5.11 Å². The number of benzene rings is 1. The van der Waals surface area contributed by atoms with Gasteiger partial charge in [-0.1, -0.05) is 13.8 Å². The molecule has 1 aromatic carbocycles. The van der Waals surface area contributed by atoms with E-state index in [1.54, 1.807) is 4.90 Å². The summed E-state index contributed by atoms with van der Waals surface area (Å²) in [4.78, 5) is 13.9. The third-order valence-electron chi connectivity index (χ3n) is 3.90. The summed E-state index contributed by atoms with van der Waals surface area (Å²) < 4.78 is 5.74. The smallest absolute Gasteiger partial charge is 0.276 e. The Bertz CT molecular complexity index is 665. The first-order valence-corrected chi connectivity index (χ1v) is 8.41. The molecule has 5 heteroatoms. The zero-order valence-corrected chi connectivity index (χ0v) is 15.2. The molecule has 0 atom stereocenters. The molecule has 23 heavy (non-hydrogen) atoms. The molecule has 1 amide bonds. The molecule has 1 heterocycles. The van der Waals surface area contributed by atoms with Crippen LogP contribution in [-0.4, -0.2) is 29.1 Å². The molecule has 4 nitrogen and oxygen atoms in total. The van der Waals surface area contributed by atoms with E-state index in [2.05, 4.69) is 25.2 Å². The predicted octanol–water partition coefficient (Wildman–Crippen LogP) is 3.59. The van der Waals surface area contributed by atoms with E-state index in [0.717, 1.165) is 22.4 Å². The summed E-state index contributed by atoms with van der Waals surface area (Å²) in [5.41, 5.74) is 3.75. The number of hydrogen-bond donors (Lipinski definition) is 1. The third kappa shape index (κ3) is 3.55. The van der Waals surface area contributed by atoms with Crippen LogP contribution in [0.1, 0.15) is 50.3 Å². The van der Waals surface area contributed by atoms with Gasteiger partial charge in [-0.25, -0.2) is 0 Å². The van der Waals surface area contributed by atoms with Crippen LogP contribution >= 0.6 is 12.2 Å². The Kier molecular flexibility index (Phi) is 5.42. The third-order valence-corrected chi connectivity index (χ3v) is 4.22. The van der Waals surface area contributed by atoms with E-state index in [4.69, 9.17) is 17.0 Å². The van der Waals surface area contributed by atoms with Crippen LogP contribution < -0.4 is 10.1 Å². The van der Waals surface area contributed by atoms with Crippen LogP contribution in [-0.2, 0) is 4.79 Å². The van der Waals surface area contributed by atoms with Gasteiger partial charge in [-0.2, -0.15) is 0 Å². The van der Waals surface area contributed by atoms with Gasteiger partial charge in [0.25, 0.3) is 5.91 Å². The van der Waals surface area contributed by atoms with Crippen molar-refractivity contribution in [3.63, 3.8) is 0 Å². The zero-order chi connectivity index (χ0) is 17.1. The van der Waals surface area contributed by atoms with Crippen molar-refractivity contribution in [2.24, 2.45) is 0 Å². The zero-order valence-electron chi connectivity index (χ0n) is 14.4. The molecular formula is C18H24N2O2S. The van der Waals surface area contributed by atoms with Gasteiger partial charge < -0.3 is 10.1 Å². The van der Waals surface area contributed by atoms with E-state index in [-0.39, 0.29) is 5.91 Å². The summed E-state index contributed by atoms with van der Waals surface area (Å²) in [6.07, 6.45) is 1.88. The van der Waals surface area contributed by atoms with Crippen molar-refractivity contribution in [3.8, 4) is 5.75 Å². The number of amides is 1. The molecule has 1 N–H and O–H groups in total. The van der Waals surface area contributed by atoms with Crippen LogP contribution in [0.25, 0.3) is 6.08 Å². The van der Waals surface area contributed by atoms with Crippen LogP contribution in [0, 0.1) is 6.92 Å². The van der Waals surface area contributed by atoms with Crippen molar-refractivity contribution in [2.45, 2.75) is 40.5 Å². The lowest BCUT2D eigenvalue weighted by molar-refractivity contribution is -0.122. The van der Waals surface area contributed by atoms with E-state index in [1.807, 2.05) is 32.9 Å². The summed E-state index contributed by atoms with van der Waals surface area (Å²) in [7, 11) is 0. The first-order valence-electron chi connectivity index (χ1n) is 8.00. The first-order chi connectivity index (χ1) is 10.9. The molecule has 124 valence electrons. The number of ether oxygens (including phenoxy) is 1. The number of hydrogen-bond acceptors (Lipinski definition) is 3. The average molecular weight is 332 g/mol. The summed E-state index contributed by atoms with van der Waals surface area (Å²) in [6.45, 7) is 11.4. The van der Waals surface area contributed by atoms with E-state index >= 15 is 0 Å². The molecule has 0 saturated carbocycles. The minimum Gasteiger partial charge on any atom is -0.494 e. The molecule has 1 aliphatic heterocycles. The van der Waals surface area contributed by atoms with Crippen molar-refractivity contribution >= 4 is 29.3 Å². The molecule has 0 unspecified atom stereocenters. The highest BCUT2D eigenvalue weighted by molar-refractivity contribution is 7.80. The topological polar surface area (TPSA) is 41.6 Å². The maximum absolute atomic E-state index is 12.3. The average Bonchev–Trinajstić information content (AvgIpc) is 2.75. The van der Waals surface area contributed by atoms with Crippen LogP contribution in [0.4, 0.5) is 0 Å². The van der Waals surface area contributed by atoms with Crippen LogP contribution in [0.2, 0.25) is 0 Å². The summed E-state index contributed by atoms with van der Waals surface area (Å²) in [5, 5.41) is 3.48. The van der Waals surface area contributed by atoms with Gasteiger partial charge in [0.2, 0.25) is 0 Å². The number of rotatable bonds is 5. The van der Waals surface area contributed by atoms with Gasteiger partial charge in [0.1, 0.15) is 11.4 Å². The highest BCUT2D eigenvalue weighted by Gasteiger charge is 2.29. The van der Waals surface area contributed by atoms with Crippen LogP contribution in [0.5, 0.6) is 5.75 Å². The molecule has 2 rings (SSSR count). The van der Waals surface area contributed by atoms with Crippen molar-refractivity contribution in [1.82, 2.24) is 10.2 Å². The fourth-order valence-corrected chi connectivity index (χ4v) is 2.94. The second-order valence-electron chi connectivity index (χ2n) is 5.87. The molecule has 0 bridgehead atoms. The SMILES string of the molecule is CCOc1cc(C)c(C=C2NC(=S)N(CC)C2=O)cc1C(C)C. The van der Waals surface area contributed by atoms with Crippen molar-refractivity contribution in [1.29, 1.82) is 0 Å². The maximum atomic E-state index is 12.3. The fraction of sp³-hybridized carbons (Fsp3) is 0.444. The number of carbonyl (C=O) groups excluding carboxylic acids is 1. The Morgan fingerprint density at radius 3 is 2.57 bits per heavy atom. The van der Waals surface area contributed by atoms with Gasteiger partial charge in [-0.05, 0) is 73.8 Å². The quantitative estimate of drug-likeness (QED) is 0.661. The molecule has 1 saturated heterocycles. The number of thiocarbonyl (C=S) groups is 1. The Hall–Kier alpha value is -1.88. The van der Waals surface area contributed by atoms with Crippen molar-refractivity contribution in [3.05, 3.63) is 34.5 Å². The minimum atomic E-state index is -0.0723. The fourth-order valence-electron chi connectivity index (χ4n) is 2.62. The summed E-state index contributed by atoms with van der Waals surface area (Å²) in [5.74, 6) is 1.19. The largest absolute Gasteiger partial charge is 0.494 e. The number of likely N-dealkylation sites (N-methyl/N-ethyl adjacent to an activating group) is 1. The van der Waals surface area contributed by atoms with Crippen molar-refractivity contribution in [2.75, 3.05) is 13.2 Å². The Morgan fingerprint density at radius 1 is 1.35 bits per heavy atom. The Labute approximate surface area is 143 Å². The van der Waals surface area contributed by atoms with Crippen LogP contribution in [0.15, 0.2) is 17.8 Å². The second kappa shape index (κ2) is 7.13. The molecule has 1 fully saturated rings. The molecule has 1 aliphatic rings. The van der Waals surface area contributed by atoms with Gasteiger partial charge >= 0.3 is 0 Å². The van der Waals surface area contributed by atoms with E-state index in [0.29, 0.717) is 29.9 Å². The first kappa shape index (κ1) is 17.5.